The molecule has 1 heterocycles. The molecule has 4 nitrogen and oxygen atoms in total. The largest absolute Gasteiger partial charge is 0.489 e. The number of benzene rings is 1. The molecule has 2 rings (SSSR count). The average molecular weight is 255 g/mol. The van der Waals surface area contributed by atoms with Gasteiger partial charge in [-0.3, -0.25) is 0 Å². The van der Waals surface area contributed by atoms with Gasteiger partial charge >= 0.3 is 0 Å². The minimum Gasteiger partial charge on any atom is -0.489 e. The second-order valence-electron chi connectivity index (χ2n) is 4.50. The van der Waals surface area contributed by atoms with E-state index in [4.69, 9.17) is 10.5 Å². The summed E-state index contributed by atoms with van der Waals surface area (Å²) in [7, 11) is -2.89. The Balaban J connectivity index is 2.07. The van der Waals surface area contributed by atoms with Gasteiger partial charge in [0.25, 0.3) is 0 Å². The van der Waals surface area contributed by atoms with Crippen molar-refractivity contribution in [2.45, 2.75) is 25.5 Å². The van der Waals surface area contributed by atoms with Crippen molar-refractivity contribution in [2.24, 2.45) is 5.73 Å². The molecule has 1 saturated heterocycles. The van der Waals surface area contributed by atoms with Gasteiger partial charge in [-0.25, -0.2) is 8.42 Å². The predicted octanol–water partition coefficient (Wildman–Crippen LogP) is 1.27. The van der Waals surface area contributed by atoms with Crippen LogP contribution in [-0.2, 0) is 9.84 Å². The molecular weight excluding hydrogens is 238 g/mol. The number of hydrogen-bond donors (Lipinski definition) is 1. The Morgan fingerprint density at radius 2 is 2.24 bits per heavy atom. The zero-order chi connectivity index (χ0) is 12.5. The highest BCUT2D eigenvalue weighted by Gasteiger charge is 2.29. The maximum Gasteiger partial charge on any atom is 0.154 e. The third-order valence-electron chi connectivity index (χ3n) is 2.88. The van der Waals surface area contributed by atoms with Crippen molar-refractivity contribution >= 4 is 9.84 Å². The lowest BCUT2D eigenvalue weighted by molar-refractivity contribution is 0.228. The van der Waals surface area contributed by atoms with E-state index in [9.17, 15) is 8.42 Å². The summed E-state index contributed by atoms with van der Waals surface area (Å²) in [5, 5.41) is 0. The first kappa shape index (κ1) is 12.4. The summed E-state index contributed by atoms with van der Waals surface area (Å²) in [5.41, 5.74) is 6.77. The lowest BCUT2D eigenvalue weighted by Crippen LogP contribution is -2.18. The fourth-order valence-corrected chi connectivity index (χ4v) is 3.51. The molecule has 94 valence electrons. The molecule has 0 aliphatic carbocycles. The van der Waals surface area contributed by atoms with Crippen molar-refractivity contribution in [3.8, 4) is 5.75 Å². The summed E-state index contributed by atoms with van der Waals surface area (Å²) < 4.78 is 28.3. The predicted molar refractivity (Wildman–Crippen MR) is 66.7 cm³/mol. The Kier molecular flexibility index (Phi) is 3.40. The van der Waals surface area contributed by atoms with Gasteiger partial charge in [0.05, 0.1) is 11.5 Å². The van der Waals surface area contributed by atoms with Crippen LogP contribution in [0.15, 0.2) is 24.3 Å². The summed E-state index contributed by atoms with van der Waals surface area (Å²) in [6.45, 7) is 1.90. The van der Waals surface area contributed by atoms with E-state index in [2.05, 4.69) is 0 Å². The molecule has 0 bridgehead atoms. The normalized spacial score (nSPS) is 24.5. The summed E-state index contributed by atoms with van der Waals surface area (Å²) in [4.78, 5) is 0. The number of sulfone groups is 1. The van der Waals surface area contributed by atoms with Crippen molar-refractivity contribution in [2.75, 3.05) is 11.5 Å². The third-order valence-corrected chi connectivity index (χ3v) is 4.61. The topological polar surface area (TPSA) is 69.4 Å². The summed E-state index contributed by atoms with van der Waals surface area (Å²) in [6.07, 6.45) is 0.355. The van der Waals surface area contributed by atoms with E-state index >= 15 is 0 Å². The number of nitrogens with two attached hydrogens (primary N) is 1. The van der Waals surface area contributed by atoms with Crippen LogP contribution in [-0.4, -0.2) is 26.0 Å². The quantitative estimate of drug-likeness (QED) is 0.883. The van der Waals surface area contributed by atoms with Gasteiger partial charge < -0.3 is 10.5 Å². The first-order chi connectivity index (χ1) is 7.96. The molecule has 0 radical (unpaired) electrons. The summed E-state index contributed by atoms with van der Waals surface area (Å²) >= 11 is 0. The van der Waals surface area contributed by atoms with Gasteiger partial charge in [-0.05, 0) is 31.0 Å². The van der Waals surface area contributed by atoms with E-state index in [1.165, 1.54) is 0 Å². The molecular formula is C12H17NO3S. The standard InChI is InChI=1S/C12H17NO3S/c1-9(13)10-3-2-4-11(7-10)16-12-5-6-17(14,15)8-12/h2-4,7,9,12H,5-6,8,13H2,1H3. The maximum atomic E-state index is 11.3. The zero-order valence-corrected chi connectivity index (χ0v) is 10.6. The van der Waals surface area contributed by atoms with E-state index < -0.39 is 9.84 Å². The van der Waals surface area contributed by atoms with Gasteiger partial charge in [-0.1, -0.05) is 12.1 Å². The van der Waals surface area contributed by atoms with Crippen molar-refractivity contribution in [3.63, 3.8) is 0 Å². The first-order valence-corrected chi connectivity index (χ1v) is 7.51. The highest BCUT2D eigenvalue weighted by atomic mass is 32.2. The number of ether oxygens (including phenoxy) is 1. The molecule has 0 aromatic heterocycles. The van der Waals surface area contributed by atoms with E-state index in [0.29, 0.717) is 12.2 Å². The van der Waals surface area contributed by atoms with Crippen LogP contribution in [0.1, 0.15) is 24.9 Å². The molecule has 1 fully saturated rings. The van der Waals surface area contributed by atoms with Crippen LogP contribution < -0.4 is 10.5 Å². The zero-order valence-electron chi connectivity index (χ0n) is 9.80. The maximum absolute atomic E-state index is 11.3. The molecule has 0 saturated carbocycles. The van der Waals surface area contributed by atoms with Gasteiger partial charge in [0, 0.05) is 6.04 Å². The Morgan fingerprint density at radius 1 is 1.47 bits per heavy atom. The fraction of sp³-hybridized carbons (Fsp3) is 0.500. The molecule has 5 heteroatoms. The number of hydrogen-bond acceptors (Lipinski definition) is 4. The smallest absolute Gasteiger partial charge is 0.154 e. The second kappa shape index (κ2) is 4.66. The number of rotatable bonds is 3. The molecule has 0 spiro atoms. The molecule has 1 aliphatic rings. The monoisotopic (exact) mass is 255 g/mol. The molecule has 17 heavy (non-hydrogen) atoms. The lowest BCUT2D eigenvalue weighted by Gasteiger charge is -2.13. The van der Waals surface area contributed by atoms with Crippen LogP contribution in [0, 0.1) is 0 Å². The van der Waals surface area contributed by atoms with E-state index in [0.717, 1.165) is 5.56 Å². The molecule has 0 amide bonds. The lowest BCUT2D eigenvalue weighted by atomic mass is 10.1. The fourth-order valence-electron chi connectivity index (χ4n) is 1.92. The van der Waals surface area contributed by atoms with Crippen molar-refractivity contribution in [1.29, 1.82) is 0 Å². The summed E-state index contributed by atoms with van der Waals surface area (Å²) in [5.74, 6) is 1.04. The molecule has 2 atom stereocenters. The van der Waals surface area contributed by atoms with E-state index in [-0.39, 0.29) is 23.7 Å². The van der Waals surface area contributed by atoms with Crippen LogP contribution in [0.3, 0.4) is 0 Å². The SMILES string of the molecule is CC(N)c1cccc(OC2CCS(=O)(=O)C2)c1. The van der Waals surface area contributed by atoms with Gasteiger partial charge in [0.1, 0.15) is 11.9 Å². The minimum absolute atomic E-state index is 0.0501. The molecule has 1 aliphatic heterocycles. The van der Waals surface area contributed by atoms with Gasteiger partial charge in [0.15, 0.2) is 9.84 Å². The minimum atomic E-state index is -2.89. The highest BCUT2D eigenvalue weighted by molar-refractivity contribution is 7.91. The molecule has 2 unspecified atom stereocenters. The molecule has 2 N–H and O–H groups in total. The van der Waals surface area contributed by atoms with Crippen molar-refractivity contribution < 1.29 is 13.2 Å². The summed E-state index contributed by atoms with van der Waals surface area (Å²) in [6, 6.07) is 7.46. The average Bonchev–Trinajstić information content (AvgIpc) is 2.58. The molecule has 1 aromatic carbocycles. The Hall–Kier alpha value is -1.07. The van der Waals surface area contributed by atoms with Crippen LogP contribution in [0.25, 0.3) is 0 Å². The van der Waals surface area contributed by atoms with E-state index in [1.54, 1.807) is 0 Å². The van der Waals surface area contributed by atoms with Gasteiger partial charge in [0.2, 0.25) is 0 Å². The van der Waals surface area contributed by atoms with Crippen LogP contribution in [0.5, 0.6) is 5.75 Å². The third kappa shape index (κ3) is 3.20. The Bertz CT molecular complexity index is 496. The second-order valence-corrected chi connectivity index (χ2v) is 6.73. The Morgan fingerprint density at radius 3 is 2.82 bits per heavy atom. The first-order valence-electron chi connectivity index (χ1n) is 5.69. The van der Waals surface area contributed by atoms with Gasteiger partial charge in [-0.15, -0.1) is 0 Å². The van der Waals surface area contributed by atoms with Crippen molar-refractivity contribution in [1.82, 2.24) is 0 Å². The van der Waals surface area contributed by atoms with Crippen LogP contribution in [0.4, 0.5) is 0 Å². The van der Waals surface area contributed by atoms with E-state index in [1.807, 2.05) is 31.2 Å². The highest BCUT2D eigenvalue weighted by Crippen LogP contribution is 2.22. The molecule has 1 aromatic rings. The van der Waals surface area contributed by atoms with Crippen molar-refractivity contribution in [3.05, 3.63) is 29.8 Å². The van der Waals surface area contributed by atoms with Gasteiger partial charge in [-0.2, -0.15) is 0 Å². The van der Waals surface area contributed by atoms with Crippen LogP contribution >= 0.6 is 0 Å². The Labute approximate surface area is 102 Å². The van der Waals surface area contributed by atoms with Crippen LogP contribution in [0.2, 0.25) is 0 Å².